The summed E-state index contributed by atoms with van der Waals surface area (Å²) in [5.41, 5.74) is 0.994. The number of benzene rings is 1. The molecule has 0 saturated carbocycles. The topological polar surface area (TPSA) is 89.7 Å². The van der Waals surface area contributed by atoms with E-state index < -0.39 is 0 Å². The Bertz CT molecular complexity index is 850. The molecule has 1 atom stereocenters. The van der Waals surface area contributed by atoms with Gasteiger partial charge in [0.05, 0.1) is 18.9 Å². The molecule has 0 aliphatic rings. The molecule has 0 unspecified atom stereocenters. The summed E-state index contributed by atoms with van der Waals surface area (Å²) in [5.74, 6) is 0.277. The molecule has 142 valence electrons. The molecular weight excluding hydrogens is 342 g/mol. The van der Waals surface area contributed by atoms with Crippen LogP contribution < -0.4 is 10.6 Å². The summed E-state index contributed by atoms with van der Waals surface area (Å²) in [4.78, 5) is 20.6. The minimum Gasteiger partial charge on any atom is -0.335 e. The van der Waals surface area contributed by atoms with E-state index in [-0.39, 0.29) is 23.4 Å². The SMILES string of the molecule is CC(C)(C)[C@@H](Cn1ccnc1)NC(=O)Nc1ncn(Cc2ccccc2)n1. The number of amides is 2. The van der Waals surface area contributed by atoms with Gasteiger partial charge in [0, 0.05) is 18.9 Å². The van der Waals surface area contributed by atoms with Gasteiger partial charge in [0.15, 0.2) is 0 Å². The molecule has 0 radical (unpaired) electrons. The van der Waals surface area contributed by atoms with Crippen molar-refractivity contribution in [2.45, 2.75) is 39.9 Å². The zero-order chi connectivity index (χ0) is 19.3. The van der Waals surface area contributed by atoms with Crippen LogP contribution in [0.4, 0.5) is 10.7 Å². The maximum absolute atomic E-state index is 12.4. The summed E-state index contributed by atoms with van der Waals surface area (Å²) in [7, 11) is 0. The summed E-state index contributed by atoms with van der Waals surface area (Å²) in [6.07, 6.45) is 6.95. The van der Waals surface area contributed by atoms with E-state index in [1.165, 1.54) is 0 Å². The minimum absolute atomic E-state index is 0.0851. The van der Waals surface area contributed by atoms with Crippen LogP contribution in [0, 0.1) is 5.41 Å². The Morgan fingerprint density at radius 3 is 2.63 bits per heavy atom. The Morgan fingerprint density at radius 1 is 1.19 bits per heavy atom. The second-order valence-corrected chi connectivity index (χ2v) is 7.53. The standard InChI is InChI=1S/C19H25N7O/c1-19(2,3)16(12-25-10-9-20-13-25)22-18(27)23-17-21-14-26(24-17)11-15-7-5-4-6-8-15/h4-10,13-14,16H,11-12H2,1-3H3,(H2,22,23,24,27)/t16-/m1/s1. The fraction of sp³-hybridized carbons (Fsp3) is 0.368. The normalized spacial score (nSPS) is 12.6. The lowest BCUT2D eigenvalue weighted by Gasteiger charge is -2.31. The van der Waals surface area contributed by atoms with E-state index in [9.17, 15) is 4.79 Å². The van der Waals surface area contributed by atoms with Gasteiger partial charge in [-0.15, -0.1) is 5.10 Å². The van der Waals surface area contributed by atoms with Crippen molar-refractivity contribution in [3.05, 3.63) is 60.9 Å². The van der Waals surface area contributed by atoms with Crippen molar-refractivity contribution in [3.8, 4) is 0 Å². The first kappa shape index (κ1) is 18.6. The lowest BCUT2D eigenvalue weighted by molar-refractivity contribution is 0.218. The smallest absolute Gasteiger partial charge is 0.321 e. The third kappa shape index (κ3) is 5.40. The number of carbonyl (C=O) groups excluding carboxylic acids is 1. The molecule has 0 spiro atoms. The van der Waals surface area contributed by atoms with Crippen molar-refractivity contribution in [2.75, 3.05) is 5.32 Å². The molecule has 3 aromatic rings. The molecule has 8 nitrogen and oxygen atoms in total. The van der Waals surface area contributed by atoms with E-state index in [2.05, 4.69) is 46.5 Å². The van der Waals surface area contributed by atoms with Crippen LogP contribution in [0.5, 0.6) is 0 Å². The third-order valence-electron chi connectivity index (χ3n) is 4.25. The lowest BCUT2D eigenvalue weighted by atomic mass is 9.86. The zero-order valence-electron chi connectivity index (χ0n) is 15.8. The molecular formula is C19H25N7O. The zero-order valence-corrected chi connectivity index (χ0v) is 15.8. The number of rotatable bonds is 6. The Labute approximate surface area is 158 Å². The van der Waals surface area contributed by atoms with Gasteiger partial charge < -0.3 is 9.88 Å². The predicted octanol–water partition coefficient (Wildman–Crippen LogP) is 2.76. The number of hydrogen-bond acceptors (Lipinski definition) is 4. The van der Waals surface area contributed by atoms with Crippen molar-refractivity contribution in [1.82, 2.24) is 29.6 Å². The van der Waals surface area contributed by atoms with Gasteiger partial charge in [-0.3, -0.25) is 5.32 Å². The number of carbonyl (C=O) groups is 1. The minimum atomic E-state index is -0.326. The number of nitrogens with zero attached hydrogens (tertiary/aromatic N) is 5. The monoisotopic (exact) mass is 367 g/mol. The van der Waals surface area contributed by atoms with E-state index in [0.29, 0.717) is 13.1 Å². The first-order valence-corrected chi connectivity index (χ1v) is 8.87. The van der Waals surface area contributed by atoms with Gasteiger partial charge in [-0.25, -0.2) is 19.4 Å². The average molecular weight is 367 g/mol. The van der Waals surface area contributed by atoms with E-state index in [1.807, 2.05) is 41.1 Å². The molecule has 0 aliphatic carbocycles. The highest BCUT2D eigenvalue weighted by atomic mass is 16.2. The van der Waals surface area contributed by atoms with Crippen LogP contribution in [-0.2, 0) is 13.1 Å². The molecule has 2 aromatic heterocycles. The maximum Gasteiger partial charge on any atom is 0.321 e. The molecule has 0 bridgehead atoms. The van der Waals surface area contributed by atoms with Crippen LogP contribution >= 0.6 is 0 Å². The fourth-order valence-corrected chi connectivity index (χ4v) is 2.64. The van der Waals surface area contributed by atoms with E-state index in [1.54, 1.807) is 23.5 Å². The first-order chi connectivity index (χ1) is 12.9. The number of aromatic nitrogens is 5. The molecule has 2 N–H and O–H groups in total. The molecule has 0 aliphatic heterocycles. The van der Waals surface area contributed by atoms with Crippen LogP contribution in [-0.4, -0.2) is 36.4 Å². The van der Waals surface area contributed by atoms with Crippen molar-refractivity contribution in [3.63, 3.8) is 0 Å². The molecule has 1 aromatic carbocycles. The second-order valence-electron chi connectivity index (χ2n) is 7.53. The van der Waals surface area contributed by atoms with Gasteiger partial charge in [0.2, 0.25) is 5.95 Å². The molecule has 27 heavy (non-hydrogen) atoms. The molecule has 0 saturated heterocycles. The highest BCUT2D eigenvalue weighted by Crippen LogP contribution is 2.21. The van der Waals surface area contributed by atoms with Crippen molar-refractivity contribution in [2.24, 2.45) is 5.41 Å². The van der Waals surface area contributed by atoms with Crippen LogP contribution in [0.25, 0.3) is 0 Å². The van der Waals surface area contributed by atoms with Gasteiger partial charge in [0.1, 0.15) is 6.33 Å². The first-order valence-electron chi connectivity index (χ1n) is 8.87. The number of imidazole rings is 1. The van der Waals surface area contributed by atoms with E-state index in [4.69, 9.17) is 0 Å². The van der Waals surface area contributed by atoms with Gasteiger partial charge in [-0.05, 0) is 11.0 Å². The summed E-state index contributed by atoms with van der Waals surface area (Å²) >= 11 is 0. The molecule has 2 amide bonds. The van der Waals surface area contributed by atoms with Crippen molar-refractivity contribution in [1.29, 1.82) is 0 Å². The molecule has 8 heteroatoms. The summed E-state index contributed by atoms with van der Waals surface area (Å²) < 4.78 is 3.64. The number of nitrogens with one attached hydrogen (secondary N) is 2. The van der Waals surface area contributed by atoms with Gasteiger partial charge in [-0.1, -0.05) is 51.1 Å². The van der Waals surface area contributed by atoms with Crippen LogP contribution in [0.3, 0.4) is 0 Å². The van der Waals surface area contributed by atoms with Crippen LogP contribution in [0.1, 0.15) is 26.3 Å². The summed E-state index contributed by atoms with van der Waals surface area (Å²) in [5, 5.41) is 10.0. The molecule has 3 rings (SSSR count). The largest absolute Gasteiger partial charge is 0.335 e. The second kappa shape index (κ2) is 8.03. The van der Waals surface area contributed by atoms with Gasteiger partial charge in [-0.2, -0.15) is 0 Å². The highest BCUT2D eigenvalue weighted by Gasteiger charge is 2.27. The maximum atomic E-state index is 12.4. The quantitative estimate of drug-likeness (QED) is 0.701. The Balaban J connectivity index is 1.59. The molecule has 2 heterocycles. The molecule has 0 fully saturated rings. The fourth-order valence-electron chi connectivity index (χ4n) is 2.64. The van der Waals surface area contributed by atoms with Crippen LogP contribution in [0.15, 0.2) is 55.4 Å². The summed E-state index contributed by atoms with van der Waals surface area (Å²) in [6, 6.07) is 9.55. The van der Waals surface area contributed by atoms with Crippen molar-refractivity contribution < 1.29 is 4.79 Å². The predicted molar refractivity (Wildman–Crippen MR) is 103 cm³/mol. The lowest BCUT2D eigenvalue weighted by Crippen LogP contribution is -2.48. The van der Waals surface area contributed by atoms with Gasteiger partial charge in [0.25, 0.3) is 0 Å². The van der Waals surface area contributed by atoms with E-state index in [0.717, 1.165) is 5.56 Å². The Hall–Kier alpha value is -3.16. The Morgan fingerprint density at radius 2 is 1.96 bits per heavy atom. The highest BCUT2D eigenvalue weighted by molar-refractivity contribution is 5.87. The van der Waals surface area contributed by atoms with Gasteiger partial charge >= 0.3 is 6.03 Å². The third-order valence-corrected chi connectivity index (χ3v) is 4.25. The van der Waals surface area contributed by atoms with E-state index >= 15 is 0 Å². The number of hydrogen-bond donors (Lipinski definition) is 2. The number of urea groups is 1. The number of anilines is 1. The summed E-state index contributed by atoms with van der Waals surface area (Å²) in [6.45, 7) is 7.49. The van der Waals surface area contributed by atoms with Crippen LogP contribution in [0.2, 0.25) is 0 Å². The van der Waals surface area contributed by atoms with Crippen molar-refractivity contribution >= 4 is 12.0 Å². The average Bonchev–Trinajstić information content (AvgIpc) is 3.26. The Kier molecular flexibility index (Phi) is 5.54.